The lowest BCUT2D eigenvalue weighted by Crippen LogP contribution is -2.21. The predicted molar refractivity (Wildman–Crippen MR) is 126 cm³/mol. The molecule has 2 N–H and O–H groups in total. The zero-order chi connectivity index (χ0) is 22.5. The minimum atomic E-state index is -0.492. The number of amides is 2. The number of nitrogens with one attached hydrogen (secondary N) is 2. The number of aromatic nitrogens is 2. The van der Waals surface area contributed by atoms with Crippen molar-refractivity contribution in [2.75, 3.05) is 10.6 Å². The van der Waals surface area contributed by atoms with E-state index in [0.29, 0.717) is 32.6 Å². The highest BCUT2D eigenvalue weighted by atomic mass is 35.5. The first kappa shape index (κ1) is 21.5. The monoisotopic (exact) mass is 467 g/mol. The third-order valence-electron chi connectivity index (χ3n) is 4.37. The number of nitrogens with zero attached hydrogens (tertiary/aromatic N) is 3. The summed E-state index contributed by atoms with van der Waals surface area (Å²) in [7, 11) is 0. The van der Waals surface area contributed by atoms with Crippen LogP contribution in [0.4, 0.5) is 20.8 Å². The number of benzene rings is 3. The normalized spacial score (nSPS) is 11.0. The molecule has 0 unspecified atom stereocenters. The molecule has 9 heteroatoms. The Morgan fingerprint density at radius 1 is 1.00 bits per heavy atom. The number of hydrogen-bond acceptors (Lipinski definition) is 3. The maximum Gasteiger partial charge on any atom is 0.326 e. The molecule has 2 amide bonds. The maximum absolute atomic E-state index is 13.3. The summed E-state index contributed by atoms with van der Waals surface area (Å²) in [5.41, 5.74) is 2.42. The van der Waals surface area contributed by atoms with Gasteiger partial charge in [0, 0.05) is 21.8 Å². The SMILES string of the molecule is O=C(Nc1ccccc1)Nc1nc(-c2ccc(F)cc2)cn1N=Cc1ccc(Cl)cc1Cl. The number of para-hydroxylation sites is 1. The number of anilines is 2. The average Bonchev–Trinajstić information content (AvgIpc) is 3.16. The molecule has 32 heavy (non-hydrogen) atoms. The number of carbonyl (C=O) groups excluding carboxylic acids is 1. The van der Waals surface area contributed by atoms with Gasteiger partial charge in [0.1, 0.15) is 5.82 Å². The Bertz CT molecular complexity index is 1270. The van der Waals surface area contributed by atoms with E-state index >= 15 is 0 Å². The number of imidazole rings is 1. The van der Waals surface area contributed by atoms with Crippen LogP contribution in [-0.4, -0.2) is 21.9 Å². The number of urea groups is 1. The smallest absolute Gasteiger partial charge is 0.308 e. The molecule has 0 fully saturated rings. The Balaban J connectivity index is 1.64. The molecule has 0 aliphatic carbocycles. The Hall–Kier alpha value is -3.68. The summed E-state index contributed by atoms with van der Waals surface area (Å²) in [6.45, 7) is 0. The van der Waals surface area contributed by atoms with Crippen LogP contribution in [0.3, 0.4) is 0 Å². The Morgan fingerprint density at radius 2 is 1.75 bits per heavy atom. The van der Waals surface area contributed by atoms with Crippen molar-refractivity contribution < 1.29 is 9.18 Å². The van der Waals surface area contributed by atoms with Gasteiger partial charge >= 0.3 is 6.03 Å². The number of hydrogen-bond donors (Lipinski definition) is 2. The van der Waals surface area contributed by atoms with Gasteiger partial charge in [0.15, 0.2) is 0 Å². The van der Waals surface area contributed by atoms with Crippen molar-refractivity contribution in [1.82, 2.24) is 9.66 Å². The van der Waals surface area contributed by atoms with E-state index in [-0.39, 0.29) is 11.8 Å². The third-order valence-corrected chi connectivity index (χ3v) is 4.93. The molecule has 160 valence electrons. The van der Waals surface area contributed by atoms with Crippen LogP contribution in [0.1, 0.15) is 5.56 Å². The van der Waals surface area contributed by atoms with Crippen LogP contribution >= 0.6 is 23.2 Å². The zero-order valence-corrected chi connectivity index (χ0v) is 18.0. The molecule has 0 aliphatic rings. The molecule has 1 heterocycles. The van der Waals surface area contributed by atoms with Crippen LogP contribution in [0.5, 0.6) is 0 Å². The molecular weight excluding hydrogens is 452 g/mol. The molecular formula is C23H16Cl2FN5O. The van der Waals surface area contributed by atoms with Crippen molar-refractivity contribution in [3.63, 3.8) is 0 Å². The molecule has 4 rings (SSSR count). The topological polar surface area (TPSA) is 71.3 Å². The number of halogens is 3. The summed E-state index contributed by atoms with van der Waals surface area (Å²) in [4.78, 5) is 16.9. The van der Waals surface area contributed by atoms with Gasteiger partial charge < -0.3 is 5.32 Å². The fourth-order valence-electron chi connectivity index (χ4n) is 2.82. The van der Waals surface area contributed by atoms with Gasteiger partial charge in [-0.15, -0.1) is 0 Å². The van der Waals surface area contributed by atoms with Crippen LogP contribution in [0, 0.1) is 5.82 Å². The second-order valence-corrected chi connectivity index (χ2v) is 7.50. The molecule has 1 aromatic heterocycles. The van der Waals surface area contributed by atoms with Crippen LogP contribution in [0.2, 0.25) is 10.0 Å². The van der Waals surface area contributed by atoms with Gasteiger partial charge in [-0.2, -0.15) is 5.10 Å². The van der Waals surface area contributed by atoms with E-state index in [1.54, 1.807) is 48.7 Å². The van der Waals surface area contributed by atoms with Crippen molar-refractivity contribution >= 4 is 47.1 Å². The van der Waals surface area contributed by atoms with Gasteiger partial charge in [0.05, 0.1) is 23.1 Å². The molecule has 0 radical (unpaired) electrons. The first-order valence-electron chi connectivity index (χ1n) is 9.46. The van der Waals surface area contributed by atoms with Crippen molar-refractivity contribution in [2.24, 2.45) is 5.10 Å². The van der Waals surface area contributed by atoms with E-state index in [4.69, 9.17) is 23.2 Å². The second kappa shape index (κ2) is 9.64. The molecule has 0 bridgehead atoms. The Morgan fingerprint density at radius 3 is 2.47 bits per heavy atom. The number of rotatable bonds is 5. The summed E-state index contributed by atoms with van der Waals surface area (Å²) in [5, 5.41) is 10.7. The summed E-state index contributed by atoms with van der Waals surface area (Å²) in [6, 6.07) is 19.4. The first-order chi connectivity index (χ1) is 15.5. The second-order valence-electron chi connectivity index (χ2n) is 6.66. The lowest BCUT2D eigenvalue weighted by Gasteiger charge is -2.07. The molecule has 0 atom stereocenters. The standard InChI is InChI=1S/C23H16Cl2FN5O/c24-17-9-6-16(20(25)12-17)13-27-31-14-21(15-7-10-18(26)11-8-15)29-22(31)30-23(32)28-19-4-2-1-3-5-19/h1-14H,(H2,28,29,30,32). The van der Waals surface area contributed by atoms with Gasteiger partial charge in [-0.25, -0.2) is 18.8 Å². The van der Waals surface area contributed by atoms with E-state index in [2.05, 4.69) is 20.7 Å². The van der Waals surface area contributed by atoms with Crippen molar-refractivity contribution in [2.45, 2.75) is 0 Å². The van der Waals surface area contributed by atoms with Crippen molar-refractivity contribution in [3.8, 4) is 11.3 Å². The quantitative estimate of drug-likeness (QED) is 0.327. The highest BCUT2D eigenvalue weighted by Gasteiger charge is 2.13. The predicted octanol–water partition coefficient (Wildman–Crippen LogP) is 6.52. The van der Waals surface area contributed by atoms with E-state index in [1.807, 2.05) is 18.2 Å². The molecule has 0 spiro atoms. The van der Waals surface area contributed by atoms with E-state index in [1.165, 1.54) is 23.0 Å². The minimum absolute atomic E-state index is 0.166. The van der Waals surface area contributed by atoms with Gasteiger partial charge in [-0.05, 0) is 48.5 Å². The van der Waals surface area contributed by atoms with E-state index in [9.17, 15) is 9.18 Å². The molecule has 3 aromatic carbocycles. The van der Waals surface area contributed by atoms with Crippen LogP contribution in [0.25, 0.3) is 11.3 Å². The van der Waals surface area contributed by atoms with Crippen LogP contribution in [0.15, 0.2) is 84.1 Å². The van der Waals surface area contributed by atoms with Gasteiger partial charge in [-0.1, -0.05) is 47.5 Å². The fraction of sp³-hybridized carbons (Fsp3) is 0. The molecule has 0 saturated heterocycles. The molecule has 0 aliphatic heterocycles. The highest BCUT2D eigenvalue weighted by Crippen LogP contribution is 2.23. The van der Waals surface area contributed by atoms with E-state index < -0.39 is 6.03 Å². The van der Waals surface area contributed by atoms with Crippen LogP contribution in [-0.2, 0) is 0 Å². The summed E-state index contributed by atoms with van der Waals surface area (Å²) >= 11 is 12.2. The Labute approximate surface area is 193 Å². The van der Waals surface area contributed by atoms with Crippen molar-refractivity contribution in [1.29, 1.82) is 0 Å². The lowest BCUT2D eigenvalue weighted by atomic mass is 10.2. The molecule has 4 aromatic rings. The molecule has 0 saturated carbocycles. The largest absolute Gasteiger partial charge is 0.326 e. The molecule has 6 nitrogen and oxygen atoms in total. The van der Waals surface area contributed by atoms with Crippen LogP contribution < -0.4 is 10.6 Å². The van der Waals surface area contributed by atoms with E-state index in [0.717, 1.165) is 0 Å². The first-order valence-corrected chi connectivity index (χ1v) is 10.2. The minimum Gasteiger partial charge on any atom is -0.308 e. The maximum atomic E-state index is 13.3. The average molecular weight is 468 g/mol. The van der Waals surface area contributed by atoms with Gasteiger partial charge in [-0.3, -0.25) is 5.32 Å². The summed E-state index contributed by atoms with van der Waals surface area (Å²) < 4.78 is 14.7. The fourth-order valence-corrected chi connectivity index (χ4v) is 3.28. The highest BCUT2D eigenvalue weighted by molar-refractivity contribution is 6.36. The Kier molecular flexibility index (Phi) is 6.49. The third kappa shape index (κ3) is 5.32. The van der Waals surface area contributed by atoms with Gasteiger partial charge in [0.2, 0.25) is 5.95 Å². The lowest BCUT2D eigenvalue weighted by molar-refractivity contribution is 0.262. The van der Waals surface area contributed by atoms with Crippen molar-refractivity contribution in [3.05, 3.63) is 100 Å². The number of carbonyl (C=O) groups is 1. The van der Waals surface area contributed by atoms with Gasteiger partial charge in [0.25, 0.3) is 0 Å². The zero-order valence-electron chi connectivity index (χ0n) is 16.5. The summed E-state index contributed by atoms with van der Waals surface area (Å²) in [5.74, 6) is -0.191. The summed E-state index contributed by atoms with van der Waals surface area (Å²) in [6.07, 6.45) is 3.14.